The van der Waals surface area contributed by atoms with Crippen molar-refractivity contribution >= 4 is 16.7 Å². The minimum atomic E-state index is 0.808. The van der Waals surface area contributed by atoms with E-state index >= 15 is 0 Å². The monoisotopic (exact) mass is 318 g/mol. The van der Waals surface area contributed by atoms with Gasteiger partial charge in [-0.2, -0.15) is 0 Å². The molecule has 0 spiro atoms. The number of rotatable bonds is 2. The molecule has 2 heterocycles. The van der Waals surface area contributed by atoms with Gasteiger partial charge in [0.05, 0.1) is 5.52 Å². The molecule has 0 radical (unpaired) electrons. The molecule has 1 aliphatic rings. The van der Waals surface area contributed by atoms with Gasteiger partial charge in [-0.3, -0.25) is 0 Å². The van der Waals surface area contributed by atoms with Gasteiger partial charge >= 0.3 is 0 Å². The van der Waals surface area contributed by atoms with Crippen LogP contribution >= 0.6 is 0 Å². The van der Waals surface area contributed by atoms with Crippen LogP contribution in [0.1, 0.15) is 5.56 Å². The zero-order chi connectivity index (χ0) is 16.5. The zero-order valence-corrected chi connectivity index (χ0v) is 14.2. The number of anilines is 1. The van der Waals surface area contributed by atoms with Gasteiger partial charge in [-0.25, -0.2) is 9.97 Å². The van der Waals surface area contributed by atoms with Crippen LogP contribution in [0.15, 0.2) is 48.5 Å². The molecule has 4 rings (SSSR count). The van der Waals surface area contributed by atoms with E-state index in [9.17, 15) is 0 Å². The van der Waals surface area contributed by atoms with E-state index < -0.39 is 0 Å². The maximum Gasteiger partial charge on any atom is 0.162 e. The highest BCUT2D eigenvalue weighted by Gasteiger charge is 2.19. The average Bonchev–Trinajstić information content (AvgIpc) is 2.62. The van der Waals surface area contributed by atoms with Crippen molar-refractivity contribution in [1.82, 2.24) is 14.9 Å². The molecular formula is C20H22N4. The molecule has 0 N–H and O–H groups in total. The molecule has 0 bridgehead atoms. The summed E-state index contributed by atoms with van der Waals surface area (Å²) in [6, 6.07) is 16.8. The number of likely N-dealkylation sites (N-methyl/N-ethyl adjacent to an activating group) is 1. The Balaban J connectivity index is 1.83. The highest BCUT2D eigenvalue weighted by molar-refractivity contribution is 5.91. The van der Waals surface area contributed by atoms with Crippen molar-refractivity contribution in [1.29, 1.82) is 0 Å². The number of nitrogens with zero attached hydrogens (tertiary/aromatic N) is 4. The molecule has 1 fully saturated rings. The van der Waals surface area contributed by atoms with Crippen LogP contribution in [-0.4, -0.2) is 48.1 Å². The molecule has 122 valence electrons. The van der Waals surface area contributed by atoms with Crippen molar-refractivity contribution in [3.05, 3.63) is 54.1 Å². The van der Waals surface area contributed by atoms with E-state index in [0.29, 0.717) is 0 Å². The summed E-state index contributed by atoms with van der Waals surface area (Å²) >= 11 is 0. The summed E-state index contributed by atoms with van der Waals surface area (Å²) in [6.45, 7) is 6.24. The second-order valence-corrected chi connectivity index (χ2v) is 6.54. The van der Waals surface area contributed by atoms with Crippen molar-refractivity contribution in [2.24, 2.45) is 0 Å². The lowest BCUT2D eigenvalue weighted by Gasteiger charge is -2.33. The van der Waals surface area contributed by atoms with Crippen molar-refractivity contribution in [2.75, 3.05) is 38.1 Å². The number of fused-ring (bicyclic) bond motifs is 1. The first-order valence-electron chi connectivity index (χ1n) is 8.48. The first-order chi connectivity index (χ1) is 11.7. The van der Waals surface area contributed by atoms with Gasteiger partial charge in [0, 0.05) is 37.1 Å². The van der Waals surface area contributed by atoms with Gasteiger partial charge in [-0.15, -0.1) is 0 Å². The largest absolute Gasteiger partial charge is 0.353 e. The number of hydrogen-bond acceptors (Lipinski definition) is 4. The Morgan fingerprint density at radius 1 is 0.833 bits per heavy atom. The molecule has 0 unspecified atom stereocenters. The summed E-state index contributed by atoms with van der Waals surface area (Å²) in [7, 11) is 2.17. The Bertz CT molecular complexity index is 849. The second-order valence-electron chi connectivity index (χ2n) is 6.54. The van der Waals surface area contributed by atoms with E-state index in [1.807, 2.05) is 6.07 Å². The second kappa shape index (κ2) is 6.21. The Morgan fingerprint density at radius 2 is 1.54 bits per heavy atom. The lowest BCUT2D eigenvalue weighted by atomic mass is 10.1. The fourth-order valence-electron chi connectivity index (χ4n) is 3.15. The van der Waals surface area contributed by atoms with Crippen LogP contribution in [0, 0.1) is 6.92 Å². The number of benzene rings is 2. The van der Waals surface area contributed by atoms with Crippen molar-refractivity contribution in [2.45, 2.75) is 6.92 Å². The third-order valence-corrected chi connectivity index (χ3v) is 4.70. The van der Waals surface area contributed by atoms with Crippen molar-refractivity contribution < 1.29 is 0 Å². The predicted octanol–water partition coefficient (Wildman–Crippen LogP) is 3.36. The third kappa shape index (κ3) is 2.85. The SMILES string of the molecule is Cc1ccc(-c2nc(N3CCN(C)CC3)c3ccccc3n2)cc1. The maximum absolute atomic E-state index is 4.95. The summed E-state index contributed by atoms with van der Waals surface area (Å²) in [5.41, 5.74) is 3.33. The van der Waals surface area contributed by atoms with Gasteiger partial charge in [0.2, 0.25) is 0 Å². The van der Waals surface area contributed by atoms with Crippen LogP contribution in [0.2, 0.25) is 0 Å². The number of piperazine rings is 1. The molecule has 0 saturated carbocycles. The molecule has 1 saturated heterocycles. The summed E-state index contributed by atoms with van der Waals surface area (Å²) < 4.78 is 0. The van der Waals surface area contributed by atoms with Crippen LogP contribution in [0.25, 0.3) is 22.3 Å². The number of para-hydroxylation sites is 1. The fourth-order valence-corrected chi connectivity index (χ4v) is 3.15. The molecule has 0 atom stereocenters. The van der Waals surface area contributed by atoms with E-state index in [1.54, 1.807) is 0 Å². The van der Waals surface area contributed by atoms with Crippen LogP contribution < -0.4 is 4.90 Å². The molecule has 3 aromatic rings. The molecule has 4 nitrogen and oxygen atoms in total. The predicted molar refractivity (Wildman–Crippen MR) is 99.4 cm³/mol. The number of aryl methyl sites for hydroxylation is 1. The van der Waals surface area contributed by atoms with E-state index in [1.165, 1.54) is 5.56 Å². The Kier molecular flexibility index (Phi) is 3.90. The minimum Gasteiger partial charge on any atom is -0.353 e. The van der Waals surface area contributed by atoms with Crippen molar-refractivity contribution in [3.63, 3.8) is 0 Å². The standard InChI is InChI=1S/C20H22N4/c1-15-7-9-16(10-8-15)19-21-18-6-4-3-5-17(18)20(22-19)24-13-11-23(2)12-14-24/h3-10H,11-14H2,1-2H3. The summed E-state index contributed by atoms with van der Waals surface area (Å²) in [4.78, 5) is 14.5. The van der Waals surface area contributed by atoms with Crippen molar-refractivity contribution in [3.8, 4) is 11.4 Å². The highest BCUT2D eigenvalue weighted by Crippen LogP contribution is 2.28. The van der Waals surface area contributed by atoms with Gasteiger partial charge in [-0.05, 0) is 26.1 Å². The summed E-state index contributed by atoms with van der Waals surface area (Å²) in [5.74, 6) is 1.87. The van der Waals surface area contributed by atoms with E-state index in [2.05, 4.69) is 66.2 Å². The minimum absolute atomic E-state index is 0.808. The number of hydrogen-bond donors (Lipinski definition) is 0. The normalized spacial score (nSPS) is 15.8. The molecule has 1 aromatic heterocycles. The first kappa shape index (κ1) is 15.1. The zero-order valence-electron chi connectivity index (χ0n) is 14.2. The quantitative estimate of drug-likeness (QED) is 0.725. The lowest BCUT2D eigenvalue weighted by Crippen LogP contribution is -2.45. The van der Waals surface area contributed by atoms with Crippen LogP contribution in [0.3, 0.4) is 0 Å². The van der Waals surface area contributed by atoms with Crippen LogP contribution in [0.4, 0.5) is 5.82 Å². The highest BCUT2D eigenvalue weighted by atomic mass is 15.3. The number of aromatic nitrogens is 2. The third-order valence-electron chi connectivity index (χ3n) is 4.70. The average molecular weight is 318 g/mol. The Hall–Kier alpha value is -2.46. The van der Waals surface area contributed by atoms with Crippen LogP contribution in [0.5, 0.6) is 0 Å². The lowest BCUT2D eigenvalue weighted by molar-refractivity contribution is 0.312. The molecule has 24 heavy (non-hydrogen) atoms. The maximum atomic E-state index is 4.95. The smallest absolute Gasteiger partial charge is 0.162 e. The van der Waals surface area contributed by atoms with Gasteiger partial charge in [0.15, 0.2) is 5.82 Å². The summed E-state index contributed by atoms with van der Waals surface area (Å²) in [6.07, 6.45) is 0. The van der Waals surface area contributed by atoms with Crippen LogP contribution in [-0.2, 0) is 0 Å². The van der Waals surface area contributed by atoms with Gasteiger partial charge in [0.1, 0.15) is 5.82 Å². The Labute approximate surface area is 142 Å². The van der Waals surface area contributed by atoms with E-state index in [4.69, 9.17) is 9.97 Å². The molecule has 0 amide bonds. The van der Waals surface area contributed by atoms with Gasteiger partial charge < -0.3 is 9.80 Å². The molecule has 1 aliphatic heterocycles. The molecule has 2 aromatic carbocycles. The molecular weight excluding hydrogens is 296 g/mol. The molecule has 0 aliphatic carbocycles. The van der Waals surface area contributed by atoms with Gasteiger partial charge in [0.25, 0.3) is 0 Å². The summed E-state index contributed by atoms with van der Waals surface area (Å²) in [5, 5.41) is 1.14. The molecule has 4 heteroatoms. The topological polar surface area (TPSA) is 32.3 Å². The Morgan fingerprint density at radius 3 is 2.29 bits per heavy atom. The van der Waals surface area contributed by atoms with E-state index in [0.717, 1.165) is 54.3 Å². The first-order valence-corrected chi connectivity index (χ1v) is 8.48. The van der Waals surface area contributed by atoms with Gasteiger partial charge in [-0.1, -0.05) is 42.0 Å². The van der Waals surface area contributed by atoms with E-state index in [-0.39, 0.29) is 0 Å². The fraction of sp³-hybridized carbons (Fsp3) is 0.300.